The Bertz CT molecular complexity index is 459. The normalized spacial score (nSPS) is 15.2. The molecule has 2 amide bonds. The predicted molar refractivity (Wildman–Crippen MR) is 86.9 cm³/mol. The molecule has 2 rings (SSSR count). The number of nitrogens with one attached hydrogen (secondary N) is 2. The van der Waals surface area contributed by atoms with E-state index in [1.165, 1.54) is 25.7 Å². The summed E-state index contributed by atoms with van der Waals surface area (Å²) in [6.07, 6.45) is 7.41. The van der Waals surface area contributed by atoms with Crippen molar-refractivity contribution in [2.45, 2.75) is 38.6 Å². The highest BCUT2D eigenvalue weighted by Crippen LogP contribution is 2.18. The van der Waals surface area contributed by atoms with Gasteiger partial charge in [-0.1, -0.05) is 12.8 Å². The standard InChI is InChI=1S/C16H26N4O2/c21-11-5-7-18-16(22)19-13-14-6-8-17-15(12-14)20-9-3-1-2-4-10-20/h6,8,12,21H,1-5,7,9-11,13H2,(H2,18,19,22). The van der Waals surface area contributed by atoms with Crippen LogP contribution in [-0.4, -0.2) is 42.4 Å². The number of hydrogen-bond donors (Lipinski definition) is 3. The molecule has 6 nitrogen and oxygen atoms in total. The van der Waals surface area contributed by atoms with Crippen molar-refractivity contribution in [1.82, 2.24) is 15.6 Å². The molecular weight excluding hydrogens is 280 g/mol. The maximum absolute atomic E-state index is 11.6. The fourth-order valence-electron chi connectivity index (χ4n) is 2.57. The molecular formula is C16H26N4O2. The number of nitrogens with zero attached hydrogens (tertiary/aromatic N) is 2. The first-order valence-electron chi connectivity index (χ1n) is 8.12. The second-order valence-corrected chi connectivity index (χ2v) is 5.61. The van der Waals surface area contributed by atoms with Crippen molar-refractivity contribution in [1.29, 1.82) is 0 Å². The minimum absolute atomic E-state index is 0.0871. The zero-order valence-corrected chi connectivity index (χ0v) is 13.1. The number of rotatable bonds is 6. The number of carbonyl (C=O) groups excluding carboxylic acids is 1. The van der Waals surface area contributed by atoms with Crippen LogP contribution in [0.15, 0.2) is 18.3 Å². The third-order valence-corrected chi connectivity index (χ3v) is 3.81. The van der Waals surface area contributed by atoms with Gasteiger partial charge in [0.15, 0.2) is 0 Å². The molecule has 1 fully saturated rings. The van der Waals surface area contributed by atoms with Gasteiger partial charge in [0, 0.05) is 39.0 Å². The van der Waals surface area contributed by atoms with E-state index in [1.807, 2.05) is 6.07 Å². The second kappa shape index (κ2) is 9.25. The van der Waals surface area contributed by atoms with Gasteiger partial charge < -0.3 is 20.6 Å². The van der Waals surface area contributed by atoms with E-state index < -0.39 is 0 Å². The van der Waals surface area contributed by atoms with E-state index in [4.69, 9.17) is 5.11 Å². The van der Waals surface area contributed by atoms with E-state index in [9.17, 15) is 4.79 Å². The van der Waals surface area contributed by atoms with Gasteiger partial charge in [0.1, 0.15) is 5.82 Å². The number of pyridine rings is 1. The number of anilines is 1. The van der Waals surface area contributed by atoms with Crippen molar-refractivity contribution >= 4 is 11.8 Å². The molecule has 0 atom stereocenters. The molecule has 1 aliphatic heterocycles. The zero-order valence-electron chi connectivity index (χ0n) is 13.1. The number of aliphatic hydroxyl groups is 1. The number of hydrogen-bond acceptors (Lipinski definition) is 4. The Morgan fingerprint density at radius 1 is 1.23 bits per heavy atom. The quantitative estimate of drug-likeness (QED) is 0.698. The fourth-order valence-corrected chi connectivity index (χ4v) is 2.57. The molecule has 1 saturated heterocycles. The third kappa shape index (κ3) is 5.52. The van der Waals surface area contributed by atoms with E-state index in [0.717, 1.165) is 24.5 Å². The summed E-state index contributed by atoms with van der Waals surface area (Å²) >= 11 is 0. The van der Waals surface area contributed by atoms with Crippen molar-refractivity contribution in [3.63, 3.8) is 0 Å². The molecule has 22 heavy (non-hydrogen) atoms. The smallest absolute Gasteiger partial charge is 0.315 e. The molecule has 1 aromatic heterocycles. The summed E-state index contributed by atoms with van der Waals surface area (Å²) in [5.41, 5.74) is 1.05. The van der Waals surface area contributed by atoms with Gasteiger partial charge in [-0.2, -0.15) is 0 Å². The van der Waals surface area contributed by atoms with Crippen LogP contribution in [0.5, 0.6) is 0 Å². The molecule has 122 valence electrons. The van der Waals surface area contributed by atoms with Gasteiger partial charge in [-0.15, -0.1) is 0 Å². The Balaban J connectivity index is 1.84. The molecule has 0 saturated carbocycles. The molecule has 1 aromatic rings. The van der Waals surface area contributed by atoms with Crippen molar-refractivity contribution in [2.75, 3.05) is 31.1 Å². The molecule has 0 spiro atoms. The van der Waals surface area contributed by atoms with Gasteiger partial charge in [-0.05, 0) is 37.0 Å². The average Bonchev–Trinajstić information content (AvgIpc) is 2.83. The lowest BCUT2D eigenvalue weighted by molar-refractivity contribution is 0.237. The van der Waals surface area contributed by atoms with Crippen LogP contribution in [-0.2, 0) is 6.54 Å². The Labute approximate surface area is 131 Å². The number of amides is 2. The number of aliphatic hydroxyl groups excluding tert-OH is 1. The molecule has 6 heteroatoms. The summed E-state index contributed by atoms with van der Waals surface area (Å²) in [7, 11) is 0. The van der Waals surface area contributed by atoms with Crippen LogP contribution in [0, 0.1) is 0 Å². The lowest BCUT2D eigenvalue weighted by atomic mass is 10.2. The van der Waals surface area contributed by atoms with Crippen LogP contribution < -0.4 is 15.5 Å². The summed E-state index contributed by atoms with van der Waals surface area (Å²) in [4.78, 5) is 18.4. The SMILES string of the molecule is O=C(NCCCO)NCc1ccnc(N2CCCCCC2)c1. The fraction of sp³-hybridized carbons (Fsp3) is 0.625. The summed E-state index contributed by atoms with van der Waals surface area (Å²) in [6.45, 7) is 3.17. The van der Waals surface area contributed by atoms with Crippen LogP contribution in [0.3, 0.4) is 0 Å². The van der Waals surface area contributed by atoms with E-state index in [0.29, 0.717) is 19.5 Å². The van der Waals surface area contributed by atoms with E-state index >= 15 is 0 Å². The molecule has 1 aliphatic rings. The second-order valence-electron chi connectivity index (χ2n) is 5.61. The maximum Gasteiger partial charge on any atom is 0.315 e. The summed E-state index contributed by atoms with van der Waals surface area (Å²) < 4.78 is 0. The molecule has 3 N–H and O–H groups in total. The van der Waals surface area contributed by atoms with Gasteiger partial charge >= 0.3 is 6.03 Å². The highest BCUT2D eigenvalue weighted by atomic mass is 16.3. The monoisotopic (exact) mass is 306 g/mol. The van der Waals surface area contributed by atoms with Crippen molar-refractivity contribution in [2.24, 2.45) is 0 Å². The predicted octanol–water partition coefficient (Wildman–Crippen LogP) is 1.64. The first kappa shape index (κ1) is 16.5. The third-order valence-electron chi connectivity index (χ3n) is 3.81. The zero-order chi connectivity index (χ0) is 15.6. The lowest BCUT2D eigenvalue weighted by Crippen LogP contribution is -2.35. The lowest BCUT2D eigenvalue weighted by Gasteiger charge is -2.21. The van der Waals surface area contributed by atoms with E-state index in [2.05, 4.69) is 26.6 Å². The van der Waals surface area contributed by atoms with Gasteiger partial charge in [0.25, 0.3) is 0 Å². The number of aromatic nitrogens is 1. The molecule has 0 bridgehead atoms. The van der Waals surface area contributed by atoms with Gasteiger partial charge in [-0.25, -0.2) is 9.78 Å². The van der Waals surface area contributed by atoms with Crippen molar-refractivity contribution < 1.29 is 9.90 Å². The average molecular weight is 306 g/mol. The summed E-state index contributed by atoms with van der Waals surface area (Å²) in [5.74, 6) is 1.00. The van der Waals surface area contributed by atoms with E-state index in [1.54, 1.807) is 6.20 Å². The largest absolute Gasteiger partial charge is 0.396 e. The molecule has 0 unspecified atom stereocenters. The summed E-state index contributed by atoms with van der Waals surface area (Å²) in [6, 6.07) is 3.77. The van der Waals surface area contributed by atoms with Gasteiger partial charge in [0.2, 0.25) is 0 Å². The summed E-state index contributed by atoms with van der Waals surface area (Å²) in [5, 5.41) is 14.2. The Morgan fingerprint density at radius 3 is 2.73 bits per heavy atom. The Kier molecular flexibility index (Phi) is 6.96. The topological polar surface area (TPSA) is 77.5 Å². The maximum atomic E-state index is 11.6. The van der Waals surface area contributed by atoms with Crippen LogP contribution in [0.2, 0.25) is 0 Å². The first-order chi connectivity index (χ1) is 10.8. The van der Waals surface area contributed by atoms with Crippen LogP contribution in [0.1, 0.15) is 37.7 Å². The van der Waals surface area contributed by atoms with Crippen LogP contribution in [0.25, 0.3) is 0 Å². The van der Waals surface area contributed by atoms with Crippen molar-refractivity contribution in [3.8, 4) is 0 Å². The van der Waals surface area contributed by atoms with Crippen molar-refractivity contribution in [3.05, 3.63) is 23.9 Å². The van der Waals surface area contributed by atoms with Crippen LogP contribution in [0.4, 0.5) is 10.6 Å². The molecule has 0 aliphatic carbocycles. The Hall–Kier alpha value is -1.82. The molecule has 2 heterocycles. The van der Waals surface area contributed by atoms with E-state index in [-0.39, 0.29) is 12.6 Å². The highest BCUT2D eigenvalue weighted by Gasteiger charge is 2.11. The Morgan fingerprint density at radius 2 is 2.00 bits per heavy atom. The van der Waals surface area contributed by atoms with Gasteiger partial charge in [-0.3, -0.25) is 0 Å². The first-order valence-corrected chi connectivity index (χ1v) is 8.12. The molecule has 0 radical (unpaired) electrons. The highest BCUT2D eigenvalue weighted by molar-refractivity contribution is 5.73. The number of urea groups is 1. The minimum Gasteiger partial charge on any atom is -0.396 e. The van der Waals surface area contributed by atoms with Crippen LogP contribution >= 0.6 is 0 Å². The number of carbonyl (C=O) groups is 1. The van der Waals surface area contributed by atoms with Gasteiger partial charge in [0.05, 0.1) is 0 Å². The minimum atomic E-state index is -0.207. The molecule has 0 aromatic carbocycles.